The highest BCUT2D eigenvalue weighted by Crippen LogP contribution is 2.24. The Bertz CT molecular complexity index is 802. The summed E-state index contributed by atoms with van der Waals surface area (Å²) in [4.78, 5) is 8.72. The predicted molar refractivity (Wildman–Crippen MR) is 88.2 cm³/mol. The van der Waals surface area contributed by atoms with E-state index in [1.807, 2.05) is 32.2 Å². The summed E-state index contributed by atoms with van der Waals surface area (Å²) < 4.78 is 18.7. The zero-order chi connectivity index (χ0) is 16.2. The molecule has 4 nitrogen and oxygen atoms in total. The number of pyridine rings is 2. The molecule has 0 unspecified atom stereocenters. The van der Waals surface area contributed by atoms with Gasteiger partial charge in [-0.15, -0.1) is 0 Å². The normalized spacial score (nSPS) is 10.4. The molecule has 2 heterocycles. The van der Waals surface area contributed by atoms with Crippen molar-refractivity contribution in [3.8, 4) is 22.9 Å². The number of nitrogens with one attached hydrogen (secondary N) is 1. The minimum absolute atomic E-state index is 0.264. The molecule has 116 valence electrons. The standard InChI is InChI=1S/C18H16FN3O/c1-12-16(20-2)9-10-18(22-12)23-15-7-8-17(21-11-15)13-3-5-14(19)6-4-13/h3-11,20H,1-2H3. The van der Waals surface area contributed by atoms with Crippen LogP contribution in [0.25, 0.3) is 11.3 Å². The maximum Gasteiger partial charge on any atom is 0.219 e. The number of anilines is 1. The third-order valence-electron chi connectivity index (χ3n) is 3.43. The monoisotopic (exact) mass is 309 g/mol. The summed E-state index contributed by atoms with van der Waals surface area (Å²) in [5.41, 5.74) is 3.43. The second-order valence-corrected chi connectivity index (χ2v) is 5.02. The molecule has 0 aliphatic carbocycles. The highest BCUT2D eigenvalue weighted by atomic mass is 19.1. The summed E-state index contributed by atoms with van der Waals surface area (Å²) in [5, 5.41) is 3.06. The average Bonchev–Trinajstić information content (AvgIpc) is 2.57. The van der Waals surface area contributed by atoms with Crippen molar-refractivity contribution in [1.82, 2.24) is 9.97 Å². The summed E-state index contributed by atoms with van der Waals surface area (Å²) in [7, 11) is 1.85. The van der Waals surface area contributed by atoms with Crippen molar-refractivity contribution in [3.63, 3.8) is 0 Å². The van der Waals surface area contributed by atoms with Crippen LogP contribution in [0.5, 0.6) is 11.6 Å². The van der Waals surface area contributed by atoms with Crippen LogP contribution in [0.4, 0.5) is 10.1 Å². The Balaban J connectivity index is 1.77. The minimum Gasteiger partial charge on any atom is -0.437 e. The molecule has 0 amide bonds. The predicted octanol–water partition coefficient (Wildman–Crippen LogP) is 4.43. The first-order chi connectivity index (χ1) is 11.2. The molecule has 1 aromatic carbocycles. The minimum atomic E-state index is -0.264. The van der Waals surface area contributed by atoms with Crippen LogP contribution >= 0.6 is 0 Å². The molecule has 1 N–H and O–H groups in total. The number of aromatic nitrogens is 2. The molecule has 0 spiro atoms. The van der Waals surface area contributed by atoms with Crippen molar-refractivity contribution in [3.05, 3.63) is 66.2 Å². The van der Waals surface area contributed by atoms with Gasteiger partial charge < -0.3 is 10.1 Å². The third kappa shape index (κ3) is 3.45. The molecule has 0 atom stereocenters. The smallest absolute Gasteiger partial charge is 0.219 e. The van der Waals surface area contributed by atoms with Crippen molar-refractivity contribution < 1.29 is 9.13 Å². The number of benzene rings is 1. The summed E-state index contributed by atoms with van der Waals surface area (Å²) in [6.45, 7) is 1.91. The van der Waals surface area contributed by atoms with Gasteiger partial charge in [-0.3, -0.25) is 4.98 Å². The zero-order valence-electron chi connectivity index (χ0n) is 12.9. The van der Waals surface area contributed by atoms with Crippen LogP contribution in [0.1, 0.15) is 5.69 Å². The van der Waals surface area contributed by atoms with E-state index < -0.39 is 0 Å². The summed E-state index contributed by atoms with van der Waals surface area (Å²) in [6.07, 6.45) is 1.63. The Kier molecular flexibility index (Phi) is 4.19. The zero-order valence-corrected chi connectivity index (χ0v) is 12.9. The molecule has 0 fully saturated rings. The van der Waals surface area contributed by atoms with Gasteiger partial charge in [0, 0.05) is 18.7 Å². The molecular formula is C18H16FN3O. The Hall–Kier alpha value is -2.95. The first-order valence-corrected chi connectivity index (χ1v) is 7.21. The first-order valence-electron chi connectivity index (χ1n) is 7.21. The van der Waals surface area contributed by atoms with Crippen LogP contribution in [0, 0.1) is 12.7 Å². The van der Waals surface area contributed by atoms with Crippen molar-refractivity contribution in [2.45, 2.75) is 6.92 Å². The number of ether oxygens (including phenoxy) is 1. The van der Waals surface area contributed by atoms with Crippen LogP contribution < -0.4 is 10.1 Å². The summed E-state index contributed by atoms with van der Waals surface area (Å²) in [6, 6.07) is 13.6. The van der Waals surface area contributed by atoms with Crippen LogP contribution in [-0.4, -0.2) is 17.0 Å². The lowest BCUT2D eigenvalue weighted by molar-refractivity contribution is 0.460. The van der Waals surface area contributed by atoms with E-state index in [1.54, 1.807) is 24.4 Å². The Labute approximate surface area is 134 Å². The van der Waals surface area contributed by atoms with E-state index in [-0.39, 0.29) is 5.82 Å². The van der Waals surface area contributed by atoms with Crippen molar-refractivity contribution in [2.75, 3.05) is 12.4 Å². The molecule has 0 bridgehead atoms. The van der Waals surface area contributed by atoms with Gasteiger partial charge in [0.2, 0.25) is 5.88 Å². The lowest BCUT2D eigenvalue weighted by Crippen LogP contribution is -1.96. The maximum atomic E-state index is 12.9. The molecule has 0 aliphatic rings. The molecule has 3 rings (SSSR count). The van der Waals surface area contributed by atoms with Gasteiger partial charge in [-0.2, -0.15) is 0 Å². The molecule has 2 aromatic heterocycles. The average molecular weight is 309 g/mol. The van der Waals surface area contributed by atoms with Gasteiger partial charge in [0.05, 0.1) is 23.3 Å². The van der Waals surface area contributed by atoms with Crippen LogP contribution in [0.15, 0.2) is 54.7 Å². The number of hydrogen-bond acceptors (Lipinski definition) is 4. The van der Waals surface area contributed by atoms with Gasteiger partial charge in [0.1, 0.15) is 11.6 Å². The first kappa shape index (κ1) is 15.0. The highest BCUT2D eigenvalue weighted by molar-refractivity contribution is 5.59. The van der Waals surface area contributed by atoms with Crippen molar-refractivity contribution >= 4 is 5.69 Å². The molecule has 0 aliphatic heterocycles. The summed E-state index contributed by atoms with van der Waals surface area (Å²) >= 11 is 0. The molecule has 5 heteroatoms. The number of nitrogens with zero attached hydrogens (tertiary/aromatic N) is 2. The van der Waals surface area contributed by atoms with E-state index in [9.17, 15) is 4.39 Å². The number of halogens is 1. The highest BCUT2D eigenvalue weighted by Gasteiger charge is 2.04. The maximum absolute atomic E-state index is 12.9. The lowest BCUT2D eigenvalue weighted by atomic mass is 10.1. The Morgan fingerprint density at radius 3 is 2.39 bits per heavy atom. The second-order valence-electron chi connectivity index (χ2n) is 5.02. The Morgan fingerprint density at radius 2 is 1.78 bits per heavy atom. The second kappa shape index (κ2) is 6.44. The molecule has 3 aromatic rings. The fourth-order valence-electron chi connectivity index (χ4n) is 2.21. The van der Waals surface area contributed by atoms with Gasteiger partial charge in [0.15, 0.2) is 0 Å². The van der Waals surface area contributed by atoms with Gasteiger partial charge in [-0.25, -0.2) is 9.37 Å². The lowest BCUT2D eigenvalue weighted by Gasteiger charge is -2.09. The van der Waals surface area contributed by atoms with Gasteiger partial charge in [0.25, 0.3) is 0 Å². The van der Waals surface area contributed by atoms with E-state index in [1.165, 1.54) is 12.1 Å². The van der Waals surface area contributed by atoms with Crippen LogP contribution in [0.2, 0.25) is 0 Å². The topological polar surface area (TPSA) is 47.0 Å². The van der Waals surface area contributed by atoms with Crippen molar-refractivity contribution in [1.29, 1.82) is 0 Å². The van der Waals surface area contributed by atoms with E-state index >= 15 is 0 Å². The van der Waals surface area contributed by atoms with Gasteiger partial charge >= 0.3 is 0 Å². The van der Waals surface area contributed by atoms with E-state index in [4.69, 9.17) is 4.74 Å². The quantitative estimate of drug-likeness (QED) is 0.774. The Morgan fingerprint density at radius 1 is 1.00 bits per heavy atom. The molecule has 23 heavy (non-hydrogen) atoms. The molecule has 0 radical (unpaired) electrons. The third-order valence-corrected chi connectivity index (χ3v) is 3.43. The van der Waals surface area contributed by atoms with Crippen LogP contribution in [0.3, 0.4) is 0 Å². The van der Waals surface area contributed by atoms with Crippen molar-refractivity contribution in [2.24, 2.45) is 0 Å². The SMILES string of the molecule is CNc1ccc(Oc2ccc(-c3ccc(F)cc3)nc2)nc1C. The molecule has 0 saturated carbocycles. The number of aryl methyl sites for hydroxylation is 1. The van der Waals surface area contributed by atoms with Gasteiger partial charge in [-0.1, -0.05) is 0 Å². The molecule has 0 saturated heterocycles. The fourth-order valence-corrected chi connectivity index (χ4v) is 2.21. The molecular weight excluding hydrogens is 293 g/mol. The largest absolute Gasteiger partial charge is 0.437 e. The van der Waals surface area contributed by atoms with Crippen LogP contribution in [-0.2, 0) is 0 Å². The number of rotatable bonds is 4. The fraction of sp³-hybridized carbons (Fsp3) is 0.111. The van der Waals surface area contributed by atoms with E-state index in [0.29, 0.717) is 11.6 Å². The van der Waals surface area contributed by atoms with Gasteiger partial charge in [-0.05, 0) is 49.4 Å². The summed E-state index contributed by atoms with van der Waals surface area (Å²) in [5.74, 6) is 0.845. The van der Waals surface area contributed by atoms with E-state index in [0.717, 1.165) is 22.6 Å². The van der Waals surface area contributed by atoms with E-state index in [2.05, 4.69) is 15.3 Å². The number of hydrogen-bond donors (Lipinski definition) is 1.